The maximum Gasteiger partial charge on any atom is 0.224 e. The summed E-state index contributed by atoms with van der Waals surface area (Å²) in [6.07, 6.45) is 8.15. The molecule has 1 amide bonds. The standard InChI is InChI=1S/C15H24N4O/c1-12(2)5-6-18-15(20)13-4-3-9-19(11-13)14-10-16-7-8-17-14/h7-8,10,12-13H,3-6,9,11H2,1-2H3,(H,18,20)/t13-/m1/s1. The zero-order chi connectivity index (χ0) is 14.4. The van der Waals surface area contributed by atoms with E-state index in [1.54, 1.807) is 18.6 Å². The highest BCUT2D eigenvalue weighted by atomic mass is 16.1. The van der Waals surface area contributed by atoms with Crippen LogP contribution in [0.4, 0.5) is 5.82 Å². The Labute approximate surface area is 120 Å². The molecule has 1 aromatic rings. The molecule has 0 bridgehead atoms. The molecule has 5 heteroatoms. The highest BCUT2D eigenvalue weighted by molar-refractivity contribution is 5.79. The van der Waals surface area contributed by atoms with Gasteiger partial charge in [0.1, 0.15) is 5.82 Å². The van der Waals surface area contributed by atoms with Crippen LogP contribution in [0.2, 0.25) is 0 Å². The van der Waals surface area contributed by atoms with Crippen LogP contribution in [0, 0.1) is 11.8 Å². The molecular weight excluding hydrogens is 252 g/mol. The molecule has 0 saturated carbocycles. The second-order valence-corrected chi connectivity index (χ2v) is 5.82. The summed E-state index contributed by atoms with van der Waals surface area (Å²) < 4.78 is 0. The Hall–Kier alpha value is -1.65. The van der Waals surface area contributed by atoms with Crippen molar-refractivity contribution in [3.05, 3.63) is 18.6 Å². The maximum atomic E-state index is 12.2. The van der Waals surface area contributed by atoms with E-state index in [4.69, 9.17) is 0 Å². The first-order valence-corrected chi connectivity index (χ1v) is 7.45. The fraction of sp³-hybridized carbons (Fsp3) is 0.667. The Bertz CT molecular complexity index is 421. The molecule has 0 spiro atoms. The van der Waals surface area contributed by atoms with Crippen LogP contribution >= 0.6 is 0 Å². The first kappa shape index (κ1) is 14.8. The topological polar surface area (TPSA) is 58.1 Å². The van der Waals surface area contributed by atoms with E-state index in [1.165, 1.54) is 0 Å². The number of hydrogen-bond acceptors (Lipinski definition) is 4. The van der Waals surface area contributed by atoms with Gasteiger partial charge in [0, 0.05) is 32.0 Å². The molecule has 1 saturated heterocycles. The van der Waals surface area contributed by atoms with Crippen LogP contribution in [0.15, 0.2) is 18.6 Å². The Morgan fingerprint density at radius 2 is 2.35 bits per heavy atom. The van der Waals surface area contributed by atoms with Crippen molar-refractivity contribution in [3.8, 4) is 0 Å². The normalized spacial score (nSPS) is 19.1. The Morgan fingerprint density at radius 1 is 1.50 bits per heavy atom. The number of rotatable bonds is 5. The van der Waals surface area contributed by atoms with E-state index in [0.717, 1.165) is 44.7 Å². The predicted octanol–water partition coefficient (Wildman–Crippen LogP) is 1.86. The molecule has 1 aromatic heterocycles. The average Bonchev–Trinajstić information content (AvgIpc) is 2.48. The number of nitrogens with zero attached hydrogens (tertiary/aromatic N) is 3. The van der Waals surface area contributed by atoms with Gasteiger partial charge in [-0.2, -0.15) is 0 Å². The number of nitrogens with one attached hydrogen (secondary N) is 1. The van der Waals surface area contributed by atoms with E-state index < -0.39 is 0 Å². The van der Waals surface area contributed by atoms with Crippen LogP contribution in [0.3, 0.4) is 0 Å². The molecule has 0 aliphatic carbocycles. The van der Waals surface area contributed by atoms with Gasteiger partial charge in [0.15, 0.2) is 0 Å². The van der Waals surface area contributed by atoms with Gasteiger partial charge < -0.3 is 10.2 Å². The van der Waals surface area contributed by atoms with Crippen LogP contribution in [-0.4, -0.2) is 35.5 Å². The molecule has 5 nitrogen and oxygen atoms in total. The second-order valence-electron chi connectivity index (χ2n) is 5.82. The SMILES string of the molecule is CC(C)CCNC(=O)[C@@H]1CCCN(c2cnccn2)C1. The monoisotopic (exact) mass is 276 g/mol. The molecule has 2 heterocycles. The Balaban J connectivity index is 1.85. The molecule has 0 unspecified atom stereocenters. The van der Waals surface area contributed by atoms with E-state index in [2.05, 4.69) is 34.0 Å². The van der Waals surface area contributed by atoms with E-state index in [1.807, 2.05) is 0 Å². The van der Waals surface area contributed by atoms with Crippen LogP contribution in [0.5, 0.6) is 0 Å². The molecule has 0 aromatic carbocycles. The molecule has 110 valence electrons. The highest BCUT2D eigenvalue weighted by Crippen LogP contribution is 2.20. The van der Waals surface area contributed by atoms with Gasteiger partial charge in [0.25, 0.3) is 0 Å². The maximum absolute atomic E-state index is 12.2. The summed E-state index contributed by atoms with van der Waals surface area (Å²) in [5, 5.41) is 3.05. The first-order chi connectivity index (χ1) is 9.66. The fourth-order valence-corrected chi connectivity index (χ4v) is 2.48. The summed E-state index contributed by atoms with van der Waals surface area (Å²) in [4.78, 5) is 22.7. The van der Waals surface area contributed by atoms with Crippen LogP contribution in [0.1, 0.15) is 33.1 Å². The summed E-state index contributed by atoms with van der Waals surface area (Å²) in [5.41, 5.74) is 0. The highest BCUT2D eigenvalue weighted by Gasteiger charge is 2.26. The molecular formula is C15H24N4O. The van der Waals surface area contributed by atoms with E-state index in [0.29, 0.717) is 5.92 Å². The number of hydrogen-bond donors (Lipinski definition) is 1. The zero-order valence-electron chi connectivity index (χ0n) is 12.4. The van der Waals surface area contributed by atoms with Crippen molar-refractivity contribution >= 4 is 11.7 Å². The van der Waals surface area contributed by atoms with Gasteiger partial charge in [-0.1, -0.05) is 13.8 Å². The molecule has 2 rings (SSSR count). The molecule has 1 aliphatic rings. The number of carbonyl (C=O) groups is 1. The Kier molecular flexibility index (Phi) is 5.32. The molecule has 20 heavy (non-hydrogen) atoms. The van der Waals surface area contributed by atoms with Gasteiger partial charge in [-0.25, -0.2) is 4.98 Å². The summed E-state index contributed by atoms with van der Waals surface area (Å²) in [6, 6.07) is 0. The van der Waals surface area contributed by atoms with Crippen LogP contribution in [0.25, 0.3) is 0 Å². The van der Waals surface area contributed by atoms with Gasteiger partial charge in [-0.3, -0.25) is 9.78 Å². The fourth-order valence-electron chi connectivity index (χ4n) is 2.48. The van der Waals surface area contributed by atoms with E-state index >= 15 is 0 Å². The summed E-state index contributed by atoms with van der Waals surface area (Å²) in [5.74, 6) is 1.74. The van der Waals surface area contributed by atoms with Crippen molar-refractivity contribution < 1.29 is 4.79 Å². The summed E-state index contributed by atoms with van der Waals surface area (Å²) in [7, 11) is 0. The van der Waals surface area contributed by atoms with Gasteiger partial charge in [-0.05, 0) is 25.2 Å². The zero-order valence-corrected chi connectivity index (χ0v) is 12.4. The molecule has 1 fully saturated rings. The lowest BCUT2D eigenvalue weighted by atomic mass is 9.97. The average molecular weight is 276 g/mol. The molecule has 0 radical (unpaired) electrons. The van der Waals surface area contributed by atoms with Crippen molar-refractivity contribution in [2.75, 3.05) is 24.5 Å². The van der Waals surface area contributed by atoms with Crippen molar-refractivity contribution in [2.45, 2.75) is 33.1 Å². The smallest absolute Gasteiger partial charge is 0.224 e. The van der Waals surface area contributed by atoms with Crippen molar-refractivity contribution in [1.29, 1.82) is 0 Å². The van der Waals surface area contributed by atoms with Crippen molar-refractivity contribution in [3.63, 3.8) is 0 Å². The minimum Gasteiger partial charge on any atom is -0.356 e. The summed E-state index contributed by atoms with van der Waals surface area (Å²) >= 11 is 0. The molecule has 1 N–H and O–H groups in total. The molecule has 1 atom stereocenters. The van der Waals surface area contributed by atoms with E-state index in [9.17, 15) is 4.79 Å². The molecule has 1 aliphatic heterocycles. The van der Waals surface area contributed by atoms with Crippen molar-refractivity contribution in [2.24, 2.45) is 11.8 Å². The Morgan fingerprint density at radius 3 is 3.05 bits per heavy atom. The van der Waals surface area contributed by atoms with Crippen LogP contribution in [-0.2, 0) is 4.79 Å². The number of amides is 1. The van der Waals surface area contributed by atoms with Gasteiger partial charge in [0.05, 0.1) is 12.1 Å². The lowest BCUT2D eigenvalue weighted by molar-refractivity contribution is -0.125. The van der Waals surface area contributed by atoms with Gasteiger partial charge in [0.2, 0.25) is 5.91 Å². The minimum atomic E-state index is 0.0675. The number of aromatic nitrogens is 2. The largest absolute Gasteiger partial charge is 0.356 e. The summed E-state index contributed by atoms with van der Waals surface area (Å²) in [6.45, 7) is 6.81. The quantitative estimate of drug-likeness (QED) is 0.891. The second kappa shape index (κ2) is 7.22. The third kappa shape index (κ3) is 4.18. The number of piperidine rings is 1. The van der Waals surface area contributed by atoms with Gasteiger partial charge >= 0.3 is 0 Å². The third-order valence-corrected chi connectivity index (χ3v) is 3.69. The predicted molar refractivity (Wildman–Crippen MR) is 79.4 cm³/mol. The van der Waals surface area contributed by atoms with Crippen LogP contribution < -0.4 is 10.2 Å². The van der Waals surface area contributed by atoms with Gasteiger partial charge in [-0.15, -0.1) is 0 Å². The minimum absolute atomic E-state index is 0.0675. The lowest BCUT2D eigenvalue weighted by Crippen LogP contribution is -2.43. The number of anilines is 1. The number of carbonyl (C=O) groups excluding carboxylic acids is 1. The van der Waals surface area contributed by atoms with Crippen molar-refractivity contribution in [1.82, 2.24) is 15.3 Å². The first-order valence-electron chi connectivity index (χ1n) is 7.45. The lowest BCUT2D eigenvalue weighted by Gasteiger charge is -2.32. The third-order valence-electron chi connectivity index (χ3n) is 3.69. The van der Waals surface area contributed by atoms with E-state index in [-0.39, 0.29) is 11.8 Å².